The number of fused-ring (bicyclic) bond motifs is 2. The van der Waals surface area contributed by atoms with E-state index in [1.54, 1.807) is 35.8 Å². The van der Waals surface area contributed by atoms with E-state index in [-0.39, 0.29) is 11.5 Å². The molecule has 0 saturated carbocycles. The molecule has 1 aliphatic heterocycles. The van der Waals surface area contributed by atoms with Crippen LogP contribution in [0, 0.1) is 0 Å². The third-order valence-electron chi connectivity index (χ3n) is 8.55. The fraction of sp³-hybridized carbons (Fsp3) is 0.237. The quantitative estimate of drug-likeness (QED) is 0.162. The van der Waals surface area contributed by atoms with Crippen LogP contribution in [0.5, 0.6) is 17.2 Å². The van der Waals surface area contributed by atoms with Gasteiger partial charge in [-0.25, -0.2) is 4.99 Å². The van der Waals surface area contributed by atoms with Gasteiger partial charge in [-0.3, -0.25) is 14.2 Å². The summed E-state index contributed by atoms with van der Waals surface area (Å²) in [6, 6.07) is 24.6. The lowest BCUT2D eigenvalue weighted by Gasteiger charge is -2.30. The molecule has 0 spiro atoms. The van der Waals surface area contributed by atoms with Crippen LogP contribution in [0.25, 0.3) is 16.8 Å². The van der Waals surface area contributed by atoms with Crippen molar-refractivity contribution in [1.82, 2.24) is 9.47 Å². The van der Waals surface area contributed by atoms with Crippen molar-refractivity contribution in [2.45, 2.75) is 33.4 Å². The van der Waals surface area contributed by atoms with Crippen LogP contribution >= 0.6 is 27.3 Å². The molecule has 1 aliphatic rings. The maximum atomic E-state index is 14.6. The predicted molar refractivity (Wildman–Crippen MR) is 194 cm³/mol. The van der Waals surface area contributed by atoms with Crippen LogP contribution in [0.3, 0.4) is 0 Å². The summed E-state index contributed by atoms with van der Waals surface area (Å²) in [5.41, 5.74) is 3.16. The normalized spacial score (nSPS) is 14.5. The zero-order valence-corrected chi connectivity index (χ0v) is 29.9. The number of hydrogen-bond donors (Lipinski definition) is 0. The van der Waals surface area contributed by atoms with Gasteiger partial charge in [0.25, 0.3) is 11.5 Å². The molecule has 0 N–H and O–H groups in total. The van der Waals surface area contributed by atoms with Gasteiger partial charge >= 0.3 is 0 Å². The molecule has 10 heteroatoms. The lowest BCUT2D eigenvalue weighted by Crippen LogP contribution is -2.43. The van der Waals surface area contributed by atoms with Gasteiger partial charge in [0.15, 0.2) is 4.80 Å². The Morgan fingerprint density at radius 1 is 0.979 bits per heavy atom. The van der Waals surface area contributed by atoms with Gasteiger partial charge < -0.3 is 19.1 Å². The molecule has 0 bridgehead atoms. The molecule has 1 atom stereocenters. The molecule has 246 valence electrons. The number of carbonyl (C=O) groups is 1. The SMILES string of the molecule is CCN(CC)C(=O)C1=C(C)N=c2s/c(=C/c3c(OCc4ccc(Br)cc4)ccc4ccccc34)c(=O)n2[C@@H]1c1cc(OC)ccc1OC. The van der Waals surface area contributed by atoms with Crippen LogP contribution in [0.4, 0.5) is 0 Å². The zero-order chi connectivity index (χ0) is 33.9. The predicted octanol–water partition coefficient (Wildman–Crippen LogP) is 6.62. The Hall–Kier alpha value is -4.67. The van der Waals surface area contributed by atoms with Crippen molar-refractivity contribution in [2.75, 3.05) is 27.3 Å². The standard InChI is InChI=1S/C38H36BrN3O5S/c1-6-41(7-2)37(44)34-23(3)40-38-42(35(34)30-20-27(45-4)17-19-31(30)46-5)36(43)33(48-38)21-29-28-11-9-8-10-25(28)14-18-32(29)47-22-24-12-15-26(39)16-13-24/h8-21,35H,6-7,22H2,1-5H3/b33-21+/t35-/m1/s1. The number of amides is 1. The number of ether oxygens (including phenoxy) is 3. The van der Waals surface area contributed by atoms with Crippen molar-refractivity contribution in [3.05, 3.63) is 131 Å². The van der Waals surface area contributed by atoms with Crippen LogP contribution in [0.15, 0.2) is 104 Å². The van der Waals surface area contributed by atoms with Gasteiger partial charge in [-0.05, 0) is 79.6 Å². The van der Waals surface area contributed by atoms with Crippen molar-refractivity contribution in [2.24, 2.45) is 4.99 Å². The second-order valence-electron chi connectivity index (χ2n) is 11.3. The number of aromatic nitrogens is 1. The van der Waals surface area contributed by atoms with Crippen molar-refractivity contribution >= 4 is 50.0 Å². The average molecular weight is 727 g/mol. The van der Waals surface area contributed by atoms with Gasteiger partial charge in [-0.15, -0.1) is 0 Å². The molecule has 1 amide bonds. The summed E-state index contributed by atoms with van der Waals surface area (Å²) in [7, 11) is 3.16. The first-order chi connectivity index (χ1) is 23.3. The summed E-state index contributed by atoms with van der Waals surface area (Å²) in [4.78, 5) is 35.8. The van der Waals surface area contributed by atoms with Crippen LogP contribution in [0.2, 0.25) is 0 Å². The first-order valence-electron chi connectivity index (χ1n) is 15.7. The van der Waals surface area contributed by atoms with Crippen molar-refractivity contribution < 1.29 is 19.0 Å². The molecule has 1 aromatic heterocycles. The van der Waals surface area contributed by atoms with E-state index in [0.717, 1.165) is 26.4 Å². The van der Waals surface area contributed by atoms with Gasteiger partial charge in [0, 0.05) is 28.7 Å². The molecule has 0 aliphatic carbocycles. The highest BCUT2D eigenvalue weighted by atomic mass is 79.9. The van der Waals surface area contributed by atoms with Gasteiger partial charge in [0.2, 0.25) is 0 Å². The molecule has 6 rings (SSSR count). The maximum Gasteiger partial charge on any atom is 0.271 e. The highest BCUT2D eigenvalue weighted by molar-refractivity contribution is 9.10. The number of allylic oxidation sites excluding steroid dienone is 1. The highest BCUT2D eigenvalue weighted by Crippen LogP contribution is 2.38. The summed E-state index contributed by atoms with van der Waals surface area (Å²) in [5.74, 6) is 1.60. The summed E-state index contributed by atoms with van der Waals surface area (Å²) < 4.78 is 20.8. The van der Waals surface area contributed by atoms with E-state index >= 15 is 0 Å². The third kappa shape index (κ3) is 6.30. The van der Waals surface area contributed by atoms with Crippen LogP contribution in [-0.2, 0) is 11.4 Å². The Bertz CT molecular complexity index is 2220. The number of carbonyl (C=O) groups excluding carboxylic acids is 1. The third-order valence-corrected chi connectivity index (χ3v) is 10.1. The smallest absolute Gasteiger partial charge is 0.271 e. The number of halogens is 1. The lowest BCUT2D eigenvalue weighted by molar-refractivity contribution is -0.127. The monoisotopic (exact) mass is 725 g/mol. The molecule has 0 fully saturated rings. The Morgan fingerprint density at radius 3 is 2.42 bits per heavy atom. The van der Waals surface area contributed by atoms with E-state index in [2.05, 4.69) is 15.9 Å². The Labute approximate surface area is 291 Å². The lowest BCUT2D eigenvalue weighted by atomic mass is 9.93. The minimum Gasteiger partial charge on any atom is -0.497 e. The molecule has 0 unspecified atom stereocenters. The number of methoxy groups -OCH3 is 2. The van der Waals surface area contributed by atoms with E-state index < -0.39 is 6.04 Å². The number of rotatable bonds is 10. The Kier molecular flexibility index (Phi) is 9.84. The molecular weight excluding hydrogens is 690 g/mol. The van der Waals surface area contributed by atoms with Gasteiger partial charge in [-0.2, -0.15) is 0 Å². The minimum absolute atomic E-state index is 0.178. The maximum absolute atomic E-state index is 14.6. The molecule has 2 heterocycles. The van der Waals surface area contributed by atoms with Crippen molar-refractivity contribution in [3.63, 3.8) is 0 Å². The molecule has 4 aromatic carbocycles. The Morgan fingerprint density at radius 2 is 1.71 bits per heavy atom. The zero-order valence-electron chi connectivity index (χ0n) is 27.5. The van der Waals surface area contributed by atoms with Crippen LogP contribution in [-0.4, -0.2) is 42.7 Å². The van der Waals surface area contributed by atoms with E-state index in [9.17, 15) is 9.59 Å². The summed E-state index contributed by atoms with van der Waals surface area (Å²) in [6.07, 6.45) is 1.88. The fourth-order valence-electron chi connectivity index (χ4n) is 6.05. The summed E-state index contributed by atoms with van der Waals surface area (Å²) in [6.45, 7) is 7.10. The van der Waals surface area contributed by atoms with Crippen molar-refractivity contribution in [1.29, 1.82) is 0 Å². The number of thiazole rings is 1. The summed E-state index contributed by atoms with van der Waals surface area (Å²) >= 11 is 4.78. The van der Waals surface area contributed by atoms with Gasteiger partial charge in [0.1, 0.15) is 29.9 Å². The van der Waals surface area contributed by atoms with E-state index in [4.69, 9.17) is 19.2 Å². The average Bonchev–Trinajstić information content (AvgIpc) is 3.41. The highest BCUT2D eigenvalue weighted by Gasteiger charge is 2.36. The van der Waals surface area contributed by atoms with E-state index in [1.807, 2.05) is 93.6 Å². The Balaban J connectivity index is 1.57. The van der Waals surface area contributed by atoms with Gasteiger partial charge in [0.05, 0.1) is 30.0 Å². The molecular formula is C38H36BrN3O5S. The molecule has 8 nitrogen and oxygen atoms in total. The fourth-order valence-corrected chi connectivity index (χ4v) is 7.34. The molecule has 0 saturated heterocycles. The number of hydrogen-bond acceptors (Lipinski definition) is 7. The van der Waals surface area contributed by atoms with Crippen molar-refractivity contribution in [3.8, 4) is 17.2 Å². The number of benzene rings is 4. The first-order valence-corrected chi connectivity index (χ1v) is 17.3. The summed E-state index contributed by atoms with van der Waals surface area (Å²) in [5, 5.41) is 1.98. The molecule has 48 heavy (non-hydrogen) atoms. The topological polar surface area (TPSA) is 82.4 Å². The largest absolute Gasteiger partial charge is 0.497 e. The van der Waals surface area contributed by atoms with E-state index in [1.165, 1.54) is 11.3 Å². The van der Waals surface area contributed by atoms with Gasteiger partial charge in [-0.1, -0.05) is 69.7 Å². The minimum atomic E-state index is -0.790. The molecule has 5 aromatic rings. The molecule has 0 radical (unpaired) electrons. The second kappa shape index (κ2) is 14.2. The second-order valence-corrected chi connectivity index (χ2v) is 13.2. The van der Waals surface area contributed by atoms with Crippen LogP contribution in [0.1, 0.15) is 43.5 Å². The number of likely N-dealkylation sites (N-methyl/N-ethyl adjacent to an activating group) is 1. The number of nitrogens with zero attached hydrogens (tertiary/aromatic N) is 3. The first kappa shape index (κ1) is 33.2. The van der Waals surface area contributed by atoms with E-state index in [0.29, 0.717) is 63.1 Å². The van der Waals surface area contributed by atoms with Crippen LogP contribution < -0.4 is 29.1 Å².